The number of benzene rings is 3. The lowest BCUT2D eigenvalue weighted by Gasteiger charge is -2.16. The monoisotopic (exact) mass is 438 g/mol. The molecule has 0 spiro atoms. The molecule has 3 rings (SSSR count). The number of aryl methyl sites for hydroxylation is 3. The van der Waals surface area contributed by atoms with Gasteiger partial charge < -0.3 is 10.1 Å². The van der Waals surface area contributed by atoms with E-state index in [1.54, 1.807) is 12.1 Å². The zero-order valence-electron chi connectivity index (χ0n) is 18.0. The molecule has 0 aliphatic rings. The summed E-state index contributed by atoms with van der Waals surface area (Å²) in [6.45, 7) is 5.77. The Morgan fingerprint density at radius 1 is 1.00 bits per heavy atom. The van der Waals surface area contributed by atoms with Gasteiger partial charge in [-0.1, -0.05) is 42.8 Å². The van der Waals surface area contributed by atoms with Crippen LogP contribution < -0.4 is 14.8 Å². The molecule has 0 aromatic heterocycles. The van der Waals surface area contributed by atoms with Gasteiger partial charge in [0.1, 0.15) is 5.75 Å². The van der Waals surface area contributed by atoms with Crippen LogP contribution in [0, 0.1) is 13.8 Å². The van der Waals surface area contributed by atoms with E-state index >= 15 is 0 Å². The molecule has 3 aromatic rings. The average molecular weight is 439 g/mol. The van der Waals surface area contributed by atoms with Crippen molar-refractivity contribution in [1.29, 1.82) is 0 Å². The molecular weight excluding hydrogens is 412 g/mol. The van der Waals surface area contributed by atoms with Gasteiger partial charge in [0.25, 0.3) is 15.9 Å². The van der Waals surface area contributed by atoms with Gasteiger partial charge in [0.15, 0.2) is 0 Å². The van der Waals surface area contributed by atoms with E-state index in [1.165, 1.54) is 25.3 Å². The van der Waals surface area contributed by atoms with E-state index in [0.29, 0.717) is 23.4 Å². The number of hydrogen-bond donors (Lipinski definition) is 2. The fourth-order valence-corrected chi connectivity index (χ4v) is 4.41. The summed E-state index contributed by atoms with van der Waals surface area (Å²) < 4.78 is 34.2. The molecule has 7 heteroatoms. The van der Waals surface area contributed by atoms with E-state index in [9.17, 15) is 13.2 Å². The van der Waals surface area contributed by atoms with Crippen molar-refractivity contribution in [3.8, 4) is 5.75 Å². The molecule has 162 valence electrons. The van der Waals surface area contributed by atoms with Crippen molar-refractivity contribution in [3.63, 3.8) is 0 Å². The molecule has 0 unspecified atom stereocenters. The van der Waals surface area contributed by atoms with Crippen molar-refractivity contribution in [3.05, 3.63) is 82.9 Å². The number of carbonyl (C=O) groups excluding carboxylic acids is 1. The molecule has 1 amide bonds. The Kier molecular flexibility index (Phi) is 6.65. The van der Waals surface area contributed by atoms with Crippen LogP contribution in [0.15, 0.2) is 65.6 Å². The van der Waals surface area contributed by atoms with E-state index in [4.69, 9.17) is 4.74 Å². The van der Waals surface area contributed by atoms with Gasteiger partial charge >= 0.3 is 0 Å². The SMILES string of the molecule is CCc1cccc(C)c1NS(=O)(=O)c1ccc(OC)c(NC(=O)c2ccc(C)cc2)c1. The first-order valence-electron chi connectivity index (χ1n) is 9.92. The number of carbonyl (C=O) groups is 1. The van der Waals surface area contributed by atoms with Crippen LogP contribution in [0.5, 0.6) is 5.75 Å². The highest BCUT2D eigenvalue weighted by Crippen LogP contribution is 2.30. The van der Waals surface area contributed by atoms with Crippen LogP contribution in [-0.2, 0) is 16.4 Å². The minimum absolute atomic E-state index is 0.0258. The zero-order valence-corrected chi connectivity index (χ0v) is 18.8. The first kappa shape index (κ1) is 22.4. The summed E-state index contributed by atoms with van der Waals surface area (Å²) in [7, 11) is -2.42. The summed E-state index contributed by atoms with van der Waals surface area (Å²) >= 11 is 0. The molecule has 6 nitrogen and oxygen atoms in total. The number of hydrogen-bond acceptors (Lipinski definition) is 4. The number of amides is 1. The highest BCUT2D eigenvalue weighted by atomic mass is 32.2. The summed E-state index contributed by atoms with van der Waals surface area (Å²) in [5, 5.41) is 2.75. The Hall–Kier alpha value is -3.32. The Morgan fingerprint density at radius 3 is 2.35 bits per heavy atom. The Labute approximate surface area is 183 Å². The fraction of sp³-hybridized carbons (Fsp3) is 0.208. The predicted octanol–water partition coefficient (Wildman–Crippen LogP) is 4.93. The molecule has 31 heavy (non-hydrogen) atoms. The second-order valence-electron chi connectivity index (χ2n) is 7.25. The van der Waals surface area contributed by atoms with Crippen LogP contribution >= 0.6 is 0 Å². The number of sulfonamides is 1. The minimum atomic E-state index is -3.88. The summed E-state index contributed by atoms with van der Waals surface area (Å²) in [6.07, 6.45) is 0.694. The Morgan fingerprint density at radius 2 is 1.71 bits per heavy atom. The van der Waals surface area contributed by atoms with Gasteiger partial charge in [-0.15, -0.1) is 0 Å². The maximum Gasteiger partial charge on any atom is 0.261 e. The van der Waals surface area contributed by atoms with Crippen molar-refractivity contribution in [2.75, 3.05) is 17.1 Å². The van der Waals surface area contributed by atoms with Gasteiger partial charge in [0.05, 0.1) is 23.4 Å². The first-order valence-corrected chi connectivity index (χ1v) is 11.4. The van der Waals surface area contributed by atoms with Crippen molar-refractivity contribution >= 4 is 27.3 Å². The lowest BCUT2D eigenvalue weighted by Crippen LogP contribution is -2.17. The second kappa shape index (κ2) is 9.22. The third-order valence-electron chi connectivity index (χ3n) is 5.02. The topological polar surface area (TPSA) is 84.5 Å². The Balaban J connectivity index is 1.94. The van der Waals surface area contributed by atoms with Crippen LogP contribution in [0.4, 0.5) is 11.4 Å². The van der Waals surface area contributed by atoms with Gasteiger partial charge in [-0.3, -0.25) is 9.52 Å². The van der Waals surface area contributed by atoms with Gasteiger partial charge in [-0.05, 0) is 61.7 Å². The number of para-hydroxylation sites is 1. The van der Waals surface area contributed by atoms with Crippen molar-refractivity contribution < 1.29 is 17.9 Å². The van der Waals surface area contributed by atoms with Gasteiger partial charge in [0, 0.05) is 5.56 Å². The van der Waals surface area contributed by atoms with E-state index in [1.807, 2.05) is 51.1 Å². The standard InChI is InChI=1S/C24H26N2O4S/c1-5-18-8-6-7-17(3)23(18)26-31(28,29)20-13-14-22(30-4)21(15-20)25-24(27)19-11-9-16(2)10-12-19/h6-15,26H,5H2,1-4H3,(H,25,27). The molecule has 0 aliphatic heterocycles. The largest absolute Gasteiger partial charge is 0.495 e. The van der Waals surface area contributed by atoms with Crippen LogP contribution in [0.25, 0.3) is 0 Å². The lowest BCUT2D eigenvalue weighted by atomic mass is 10.1. The molecule has 0 saturated carbocycles. The van der Waals surface area contributed by atoms with Crippen LogP contribution in [0.1, 0.15) is 34.0 Å². The van der Waals surface area contributed by atoms with Gasteiger partial charge in [-0.2, -0.15) is 0 Å². The Bertz CT molecular complexity index is 1200. The predicted molar refractivity (Wildman–Crippen MR) is 123 cm³/mol. The molecule has 0 atom stereocenters. The van der Waals surface area contributed by atoms with Crippen molar-refractivity contribution in [1.82, 2.24) is 0 Å². The van der Waals surface area contributed by atoms with Gasteiger partial charge in [-0.25, -0.2) is 8.42 Å². The molecule has 0 saturated heterocycles. The quantitative estimate of drug-likeness (QED) is 0.548. The summed E-state index contributed by atoms with van der Waals surface area (Å²) in [6, 6.07) is 17.1. The van der Waals surface area contributed by atoms with Crippen molar-refractivity contribution in [2.24, 2.45) is 0 Å². The van der Waals surface area contributed by atoms with Crippen LogP contribution in [0.3, 0.4) is 0 Å². The number of anilines is 2. The molecule has 3 aromatic carbocycles. The molecular formula is C24H26N2O4S. The third kappa shape index (κ3) is 5.06. The molecule has 0 aliphatic carbocycles. The summed E-state index contributed by atoms with van der Waals surface area (Å²) in [5.74, 6) is 0.0116. The fourth-order valence-electron chi connectivity index (χ4n) is 3.21. The number of methoxy groups -OCH3 is 1. The van der Waals surface area contributed by atoms with Crippen LogP contribution in [0.2, 0.25) is 0 Å². The first-order chi connectivity index (χ1) is 14.7. The van der Waals surface area contributed by atoms with Crippen molar-refractivity contribution in [2.45, 2.75) is 32.1 Å². The number of ether oxygens (including phenoxy) is 1. The summed E-state index contributed by atoms with van der Waals surface area (Å²) in [4.78, 5) is 12.7. The highest BCUT2D eigenvalue weighted by Gasteiger charge is 2.20. The number of nitrogens with one attached hydrogen (secondary N) is 2. The molecule has 0 radical (unpaired) electrons. The average Bonchev–Trinajstić information content (AvgIpc) is 2.75. The molecule has 0 fully saturated rings. The van der Waals surface area contributed by atoms with E-state index in [2.05, 4.69) is 10.0 Å². The third-order valence-corrected chi connectivity index (χ3v) is 6.37. The molecule has 0 bridgehead atoms. The normalized spacial score (nSPS) is 11.1. The van der Waals surface area contributed by atoms with Gasteiger partial charge in [0.2, 0.25) is 0 Å². The van der Waals surface area contributed by atoms with E-state index in [-0.39, 0.29) is 16.5 Å². The summed E-state index contributed by atoms with van der Waals surface area (Å²) in [5.41, 5.74) is 4.10. The number of rotatable bonds is 7. The van der Waals surface area contributed by atoms with Crippen LogP contribution in [-0.4, -0.2) is 21.4 Å². The maximum absolute atomic E-state index is 13.1. The van der Waals surface area contributed by atoms with E-state index < -0.39 is 10.0 Å². The zero-order chi connectivity index (χ0) is 22.6. The highest BCUT2D eigenvalue weighted by molar-refractivity contribution is 7.92. The van der Waals surface area contributed by atoms with E-state index in [0.717, 1.165) is 16.7 Å². The smallest absolute Gasteiger partial charge is 0.261 e. The maximum atomic E-state index is 13.1. The lowest BCUT2D eigenvalue weighted by molar-refractivity contribution is 0.102. The minimum Gasteiger partial charge on any atom is -0.495 e. The molecule has 2 N–H and O–H groups in total. The molecule has 0 heterocycles. The second-order valence-corrected chi connectivity index (χ2v) is 8.93.